The molecule has 0 saturated heterocycles. The molecule has 0 unspecified atom stereocenters. The van der Waals surface area contributed by atoms with Crippen LogP contribution in [0.3, 0.4) is 0 Å². The normalized spacial score (nSPS) is 14.8. The molecule has 42 heavy (non-hydrogen) atoms. The highest BCUT2D eigenvalue weighted by Gasteiger charge is 2.34. The zero-order valence-electron chi connectivity index (χ0n) is 22.8. The molecular formula is C31H25Cl3N2O5S. The summed E-state index contributed by atoms with van der Waals surface area (Å²) in [6.07, 6.45) is 1.70. The van der Waals surface area contributed by atoms with Crippen LogP contribution in [0.15, 0.2) is 81.7 Å². The van der Waals surface area contributed by atoms with E-state index in [1.54, 1.807) is 68.5 Å². The summed E-state index contributed by atoms with van der Waals surface area (Å²) >= 11 is 20.5. The molecule has 0 N–H and O–H groups in total. The summed E-state index contributed by atoms with van der Waals surface area (Å²) in [7, 11) is 1.51. The molecule has 0 radical (unpaired) electrons. The van der Waals surface area contributed by atoms with Crippen molar-refractivity contribution in [3.8, 4) is 11.5 Å². The van der Waals surface area contributed by atoms with Crippen LogP contribution in [0, 0.1) is 0 Å². The number of carbonyl (C=O) groups is 1. The molecule has 11 heteroatoms. The van der Waals surface area contributed by atoms with Gasteiger partial charge >= 0.3 is 5.97 Å². The first-order chi connectivity index (χ1) is 20.2. The fourth-order valence-electron chi connectivity index (χ4n) is 4.68. The molecule has 1 aromatic heterocycles. The van der Waals surface area contributed by atoms with Crippen molar-refractivity contribution in [2.24, 2.45) is 4.99 Å². The molecule has 216 valence electrons. The third kappa shape index (κ3) is 5.99. The van der Waals surface area contributed by atoms with E-state index in [0.29, 0.717) is 52.7 Å². The number of aromatic nitrogens is 1. The summed E-state index contributed by atoms with van der Waals surface area (Å²) in [5.74, 6) is 0.215. The molecule has 0 saturated carbocycles. The molecule has 0 aliphatic carbocycles. The van der Waals surface area contributed by atoms with Gasteiger partial charge in [-0.25, -0.2) is 9.79 Å². The van der Waals surface area contributed by atoms with Gasteiger partial charge in [0.25, 0.3) is 5.56 Å². The van der Waals surface area contributed by atoms with Crippen molar-refractivity contribution in [1.29, 1.82) is 0 Å². The molecule has 5 rings (SSSR count). The van der Waals surface area contributed by atoms with Crippen LogP contribution in [-0.4, -0.2) is 24.3 Å². The molecule has 0 spiro atoms. The van der Waals surface area contributed by atoms with Gasteiger partial charge in [0.05, 0.1) is 34.5 Å². The van der Waals surface area contributed by atoms with Gasteiger partial charge in [0, 0.05) is 10.0 Å². The highest BCUT2D eigenvalue weighted by Crippen LogP contribution is 2.38. The minimum absolute atomic E-state index is 0.177. The highest BCUT2D eigenvalue weighted by atomic mass is 35.5. The summed E-state index contributed by atoms with van der Waals surface area (Å²) in [5.41, 5.74) is 2.46. The smallest absolute Gasteiger partial charge is 0.338 e. The molecule has 1 atom stereocenters. The van der Waals surface area contributed by atoms with Crippen LogP contribution in [0.25, 0.3) is 6.08 Å². The van der Waals surface area contributed by atoms with E-state index in [4.69, 9.17) is 49.0 Å². The maximum absolute atomic E-state index is 13.9. The minimum atomic E-state index is -0.809. The maximum atomic E-state index is 13.9. The minimum Gasteiger partial charge on any atom is -0.493 e. The lowest BCUT2D eigenvalue weighted by Crippen LogP contribution is -2.40. The zero-order valence-corrected chi connectivity index (χ0v) is 25.9. The Balaban J connectivity index is 1.58. The Hall–Kier alpha value is -3.56. The highest BCUT2D eigenvalue weighted by molar-refractivity contribution is 7.07. The Morgan fingerprint density at radius 3 is 2.57 bits per heavy atom. The number of nitrogens with zero attached hydrogens (tertiary/aromatic N) is 2. The number of hydrogen-bond acceptors (Lipinski definition) is 7. The monoisotopic (exact) mass is 642 g/mol. The molecule has 1 aliphatic heterocycles. The number of thiazole rings is 1. The molecule has 0 amide bonds. The van der Waals surface area contributed by atoms with Gasteiger partial charge in [0.2, 0.25) is 0 Å². The van der Waals surface area contributed by atoms with Crippen LogP contribution in [-0.2, 0) is 16.1 Å². The quantitative estimate of drug-likeness (QED) is 0.209. The standard InChI is InChI=1S/C31H25Cl3N2O5S/c1-4-40-30(38)26-17(2)35-31-36(27(26)21-10-5-6-11-22(21)33)29(37)25(42-31)15-19-13-23(34)28(24(14-19)39-3)41-16-18-8-7-9-20(32)12-18/h5-15,27H,4,16H2,1-3H3/b25-15-/t27-/m1/s1. The summed E-state index contributed by atoms with van der Waals surface area (Å²) in [6.45, 7) is 3.86. The van der Waals surface area contributed by atoms with Crippen LogP contribution in [0.5, 0.6) is 11.5 Å². The third-order valence-corrected chi connectivity index (χ3v) is 8.38. The number of halogens is 3. The summed E-state index contributed by atoms with van der Waals surface area (Å²) < 4.78 is 18.7. The van der Waals surface area contributed by atoms with E-state index in [0.717, 1.165) is 5.56 Å². The molecule has 3 aromatic carbocycles. The fourth-order valence-corrected chi connectivity index (χ4v) is 6.45. The van der Waals surface area contributed by atoms with Crippen LogP contribution < -0.4 is 24.4 Å². The van der Waals surface area contributed by atoms with Gasteiger partial charge in [-0.1, -0.05) is 76.5 Å². The Labute approximate surface area is 260 Å². The second kappa shape index (κ2) is 12.8. The first-order valence-corrected chi connectivity index (χ1v) is 14.9. The van der Waals surface area contributed by atoms with E-state index >= 15 is 0 Å². The van der Waals surface area contributed by atoms with Crippen molar-refractivity contribution in [1.82, 2.24) is 4.57 Å². The molecule has 7 nitrogen and oxygen atoms in total. The molecule has 4 aromatic rings. The zero-order chi connectivity index (χ0) is 30.0. The molecule has 1 aliphatic rings. The van der Waals surface area contributed by atoms with Crippen LogP contribution in [0.1, 0.15) is 36.6 Å². The lowest BCUT2D eigenvalue weighted by Gasteiger charge is -2.25. The molecule has 2 heterocycles. The van der Waals surface area contributed by atoms with Crippen molar-refractivity contribution in [3.63, 3.8) is 0 Å². The van der Waals surface area contributed by atoms with Crippen LogP contribution in [0.2, 0.25) is 15.1 Å². The van der Waals surface area contributed by atoms with Crippen LogP contribution in [0.4, 0.5) is 0 Å². The fraction of sp³-hybridized carbons (Fsp3) is 0.194. The van der Waals surface area contributed by atoms with Crippen molar-refractivity contribution in [3.05, 3.63) is 123 Å². The first kappa shape index (κ1) is 29.9. The Morgan fingerprint density at radius 2 is 1.86 bits per heavy atom. The van der Waals surface area contributed by atoms with Gasteiger partial charge in [-0.15, -0.1) is 0 Å². The second-order valence-corrected chi connectivity index (χ2v) is 11.5. The predicted molar refractivity (Wildman–Crippen MR) is 166 cm³/mol. The predicted octanol–water partition coefficient (Wildman–Crippen LogP) is 6.35. The van der Waals surface area contributed by atoms with E-state index in [9.17, 15) is 9.59 Å². The van der Waals surface area contributed by atoms with Gasteiger partial charge in [-0.3, -0.25) is 9.36 Å². The number of ether oxygens (including phenoxy) is 3. The summed E-state index contributed by atoms with van der Waals surface area (Å²) in [6, 6.07) is 17.0. The average Bonchev–Trinajstić information content (AvgIpc) is 3.25. The Bertz CT molecular complexity index is 1900. The van der Waals surface area contributed by atoms with E-state index < -0.39 is 12.0 Å². The lowest BCUT2D eigenvalue weighted by molar-refractivity contribution is -0.139. The van der Waals surface area contributed by atoms with Gasteiger partial charge in [-0.2, -0.15) is 0 Å². The SMILES string of the molecule is CCOC(=O)C1=C(C)N=c2s/c(=C\c3cc(Cl)c(OCc4cccc(Cl)c4)c(OC)c3)c(=O)n2[C@@H]1c1ccccc1Cl. The maximum Gasteiger partial charge on any atom is 0.338 e. The number of allylic oxidation sites excluding steroid dienone is 1. The average molecular weight is 644 g/mol. The van der Waals surface area contributed by atoms with E-state index in [-0.39, 0.29) is 24.3 Å². The molecule has 0 bridgehead atoms. The second-order valence-electron chi connectivity index (χ2n) is 9.28. The number of carbonyl (C=O) groups excluding carboxylic acids is 1. The van der Waals surface area contributed by atoms with Gasteiger partial charge in [-0.05, 0) is 66.9 Å². The summed E-state index contributed by atoms with van der Waals surface area (Å²) in [4.78, 5) is 32.0. The van der Waals surface area contributed by atoms with Crippen molar-refractivity contribution in [2.75, 3.05) is 13.7 Å². The number of hydrogen-bond donors (Lipinski definition) is 0. The Kier molecular flexibility index (Phi) is 9.08. The number of benzene rings is 3. The topological polar surface area (TPSA) is 79.1 Å². The molecular weight excluding hydrogens is 619 g/mol. The van der Waals surface area contributed by atoms with Crippen LogP contribution >= 0.6 is 46.1 Å². The van der Waals surface area contributed by atoms with Crippen molar-refractivity contribution < 1.29 is 19.0 Å². The van der Waals surface area contributed by atoms with E-state index in [1.807, 2.05) is 12.1 Å². The van der Waals surface area contributed by atoms with Gasteiger partial charge in [0.1, 0.15) is 12.6 Å². The van der Waals surface area contributed by atoms with Gasteiger partial charge < -0.3 is 14.2 Å². The van der Waals surface area contributed by atoms with Crippen molar-refractivity contribution in [2.45, 2.75) is 26.5 Å². The largest absolute Gasteiger partial charge is 0.493 e. The number of methoxy groups -OCH3 is 1. The first-order valence-electron chi connectivity index (χ1n) is 12.9. The van der Waals surface area contributed by atoms with E-state index in [2.05, 4.69) is 4.99 Å². The number of rotatable bonds is 8. The lowest BCUT2D eigenvalue weighted by atomic mass is 9.96. The number of esters is 1. The third-order valence-electron chi connectivity index (χ3n) is 6.54. The van der Waals surface area contributed by atoms with Crippen molar-refractivity contribution >= 4 is 58.2 Å². The Morgan fingerprint density at radius 1 is 1.07 bits per heavy atom. The van der Waals surface area contributed by atoms with Gasteiger partial charge in [0.15, 0.2) is 16.3 Å². The summed E-state index contributed by atoms with van der Waals surface area (Å²) in [5, 5.41) is 1.33. The molecule has 0 fully saturated rings. The van der Waals surface area contributed by atoms with E-state index in [1.165, 1.54) is 23.0 Å². The number of fused-ring (bicyclic) bond motifs is 1.